The van der Waals surface area contributed by atoms with Gasteiger partial charge < -0.3 is 11.8 Å². The van der Waals surface area contributed by atoms with Crippen molar-refractivity contribution < 1.29 is 40.9 Å². The Bertz CT molecular complexity index is 459. The number of carboxylic acid groups (broad SMARTS) is 1. The molecule has 0 bridgehead atoms. The molecule has 27 heavy (non-hydrogen) atoms. The molecule has 0 spiro atoms. The molecular formula is C23H40NNaO2. The molecule has 0 unspecified atom stereocenters. The van der Waals surface area contributed by atoms with Crippen LogP contribution >= 0.6 is 0 Å². The van der Waals surface area contributed by atoms with Gasteiger partial charge in [-0.05, 0) is 24.9 Å². The van der Waals surface area contributed by atoms with E-state index in [0.717, 1.165) is 18.5 Å². The number of unbranched alkanes of at least 4 members (excludes halogenated alkanes) is 11. The molecule has 150 valence electrons. The van der Waals surface area contributed by atoms with Crippen molar-refractivity contribution in [1.82, 2.24) is 5.32 Å². The average Bonchev–Trinajstić information content (AvgIpc) is 2.65. The van der Waals surface area contributed by atoms with Crippen molar-refractivity contribution in [3.05, 3.63) is 35.9 Å². The van der Waals surface area contributed by atoms with E-state index in [2.05, 4.69) is 12.2 Å². The number of hydrogen-bond acceptors (Lipinski definition) is 2. The first-order valence-electron chi connectivity index (χ1n) is 10.7. The van der Waals surface area contributed by atoms with E-state index in [1.54, 1.807) is 0 Å². The Kier molecular flexibility index (Phi) is 18.7. The van der Waals surface area contributed by atoms with Gasteiger partial charge in [-0.2, -0.15) is 0 Å². The van der Waals surface area contributed by atoms with E-state index in [-0.39, 0.29) is 31.0 Å². The van der Waals surface area contributed by atoms with Crippen molar-refractivity contribution in [2.45, 2.75) is 96.4 Å². The molecule has 1 aromatic carbocycles. The fourth-order valence-electron chi connectivity index (χ4n) is 3.34. The van der Waals surface area contributed by atoms with Crippen molar-refractivity contribution in [2.75, 3.05) is 6.54 Å². The monoisotopic (exact) mass is 385 g/mol. The minimum Gasteiger partial charge on any atom is -1.00 e. The molecule has 0 saturated heterocycles. The topological polar surface area (TPSA) is 49.3 Å². The smallest absolute Gasteiger partial charge is 1.00 e. The molecule has 0 aliphatic carbocycles. The molecule has 2 N–H and O–H groups in total. The number of carboxylic acids is 1. The van der Waals surface area contributed by atoms with Crippen LogP contribution in [0.4, 0.5) is 0 Å². The molecular weight excluding hydrogens is 345 g/mol. The van der Waals surface area contributed by atoms with Crippen molar-refractivity contribution in [3.8, 4) is 0 Å². The van der Waals surface area contributed by atoms with E-state index < -0.39 is 12.0 Å². The van der Waals surface area contributed by atoms with E-state index in [1.807, 2.05) is 30.3 Å². The molecule has 0 aliphatic rings. The first kappa shape index (κ1) is 26.6. The molecule has 0 aromatic heterocycles. The summed E-state index contributed by atoms with van der Waals surface area (Å²) in [6, 6.07) is 9.37. The quantitative estimate of drug-likeness (QED) is 0.320. The zero-order valence-corrected chi connectivity index (χ0v) is 19.7. The van der Waals surface area contributed by atoms with Gasteiger partial charge in [0.15, 0.2) is 0 Å². The SMILES string of the molecule is CCCCCCCCCCCCCCN[C@@H](Cc1ccccc1)C(=O)O.[H-].[Na+]. The van der Waals surface area contributed by atoms with Crippen LogP contribution in [-0.2, 0) is 11.2 Å². The third-order valence-corrected chi connectivity index (χ3v) is 5.00. The standard InChI is InChI=1S/C23H39NO2.Na.H/c1-2-3-4-5-6-7-8-9-10-11-12-16-19-24-22(23(25)26)20-21-17-14-13-15-18-21;;/h13-15,17-18,22,24H,2-12,16,19-20H2,1H3,(H,25,26);;/q;+1;-1/t22-;;/m0../s1. The zero-order chi connectivity index (χ0) is 18.9. The van der Waals surface area contributed by atoms with Gasteiger partial charge in [-0.3, -0.25) is 4.79 Å². The second kappa shape index (κ2) is 19.0. The minimum absolute atomic E-state index is 0. The number of nitrogens with one attached hydrogen (secondary N) is 1. The van der Waals surface area contributed by atoms with Crippen molar-refractivity contribution in [2.24, 2.45) is 0 Å². The van der Waals surface area contributed by atoms with Gasteiger partial charge >= 0.3 is 35.5 Å². The van der Waals surface area contributed by atoms with Crippen LogP contribution in [0.2, 0.25) is 0 Å². The molecule has 1 aromatic rings. The summed E-state index contributed by atoms with van der Waals surface area (Å²) in [6.45, 7) is 3.06. The van der Waals surface area contributed by atoms with Crippen molar-refractivity contribution >= 4 is 5.97 Å². The summed E-state index contributed by atoms with van der Waals surface area (Å²) in [5.74, 6) is -0.757. The molecule has 0 amide bonds. The maximum Gasteiger partial charge on any atom is 1.00 e. The van der Waals surface area contributed by atoms with Crippen LogP contribution in [0.15, 0.2) is 30.3 Å². The van der Waals surface area contributed by atoms with Gasteiger partial charge in [0, 0.05) is 0 Å². The summed E-state index contributed by atoms with van der Waals surface area (Å²) in [5, 5.41) is 12.6. The van der Waals surface area contributed by atoms with Crippen molar-refractivity contribution in [1.29, 1.82) is 0 Å². The number of carbonyl (C=O) groups is 1. The van der Waals surface area contributed by atoms with Crippen LogP contribution in [-0.4, -0.2) is 23.7 Å². The van der Waals surface area contributed by atoms with Crippen LogP contribution in [0.3, 0.4) is 0 Å². The Morgan fingerprint density at radius 1 is 0.889 bits per heavy atom. The molecule has 4 heteroatoms. The van der Waals surface area contributed by atoms with Gasteiger partial charge in [0.2, 0.25) is 0 Å². The van der Waals surface area contributed by atoms with E-state index >= 15 is 0 Å². The third kappa shape index (κ3) is 15.3. The largest absolute Gasteiger partial charge is 1.00 e. The maximum atomic E-state index is 11.4. The summed E-state index contributed by atoms with van der Waals surface area (Å²) < 4.78 is 0. The minimum atomic E-state index is -0.757. The summed E-state index contributed by atoms with van der Waals surface area (Å²) in [5.41, 5.74) is 1.07. The zero-order valence-electron chi connectivity index (χ0n) is 18.7. The van der Waals surface area contributed by atoms with E-state index in [4.69, 9.17) is 0 Å². The average molecular weight is 386 g/mol. The first-order valence-corrected chi connectivity index (χ1v) is 10.7. The third-order valence-electron chi connectivity index (χ3n) is 5.00. The Morgan fingerprint density at radius 2 is 1.37 bits per heavy atom. The van der Waals surface area contributed by atoms with Gasteiger partial charge in [0.1, 0.15) is 6.04 Å². The number of aliphatic carboxylic acids is 1. The Hall–Kier alpha value is -0.350. The summed E-state index contributed by atoms with van der Waals surface area (Å²) in [7, 11) is 0. The summed E-state index contributed by atoms with van der Waals surface area (Å²) in [4.78, 5) is 11.4. The van der Waals surface area contributed by atoms with Gasteiger partial charge in [0.25, 0.3) is 0 Å². The van der Waals surface area contributed by atoms with Crippen LogP contribution in [0, 0.1) is 0 Å². The Morgan fingerprint density at radius 3 is 1.85 bits per heavy atom. The fraction of sp³-hybridized carbons (Fsp3) is 0.696. The number of benzene rings is 1. The van der Waals surface area contributed by atoms with Crippen LogP contribution < -0.4 is 34.9 Å². The van der Waals surface area contributed by atoms with Crippen LogP contribution in [0.5, 0.6) is 0 Å². The van der Waals surface area contributed by atoms with Gasteiger partial charge in [-0.15, -0.1) is 0 Å². The molecule has 0 radical (unpaired) electrons. The maximum absolute atomic E-state index is 11.4. The van der Waals surface area contributed by atoms with Gasteiger partial charge in [-0.25, -0.2) is 0 Å². The van der Waals surface area contributed by atoms with E-state index in [0.29, 0.717) is 6.42 Å². The predicted molar refractivity (Wildman–Crippen MR) is 112 cm³/mol. The molecule has 0 saturated carbocycles. The van der Waals surface area contributed by atoms with E-state index in [1.165, 1.54) is 70.6 Å². The molecule has 1 atom stereocenters. The van der Waals surface area contributed by atoms with Crippen LogP contribution in [0.1, 0.15) is 91.0 Å². The van der Waals surface area contributed by atoms with Crippen LogP contribution in [0.25, 0.3) is 0 Å². The molecule has 1 rings (SSSR count). The van der Waals surface area contributed by atoms with Crippen molar-refractivity contribution in [3.63, 3.8) is 0 Å². The Balaban J connectivity index is 0. The van der Waals surface area contributed by atoms with Gasteiger partial charge in [0.05, 0.1) is 0 Å². The van der Waals surface area contributed by atoms with E-state index in [9.17, 15) is 9.90 Å². The number of rotatable bonds is 17. The fourth-order valence-corrected chi connectivity index (χ4v) is 3.34. The second-order valence-electron chi connectivity index (χ2n) is 7.42. The Labute approximate surface area is 190 Å². The molecule has 0 heterocycles. The normalized spacial score (nSPS) is 11.7. The predicted octanol–water partition coefficient (Wildman–Crippen LogP) is 3.09. The molecule has 3 nitrogen and oxygen atoms in total. The first-order chi connectivity index (χ1) is 12.7. The molecule has 0 aliphatic heterocycles. The summed E-state index contributed by atoms with van der Waals surface area (Å²) >= 11 is 0. The van der Waals surface area contributed by atoms with Gasteiger partial charge in [-0.1, -0.05) is 108 Å². The number of hydrogen-bond donors (Lipinski definition) is 2. The second-order valence-corrected chi connectivity index (χ2v) is 7.42. The summed E-state index contributed by atoms with van der Waals surface area (Å²) in [6.07, 6.45) is 16.5. The molecule has 0 fully saturated rings.